The van der Waals surface area contributed by atoms with Crippen molar-refractivity contribution in [3.05, 3.63) is 11.6 Å². The van der Waals surface area contributed by atoms with E-state index in [0.717, 1.165) is 23.5 Å². The summed E-state index contributed by atoms with van der Waals surface area (Å²) in [6.45, 7) is 11.7. The maximum atomic E-state index is 11.0. The van der Waals surface area contributed by atoms with E-state index in [0.29, 0.717) is 5.75 Å². The Kier molecular flexibility index (Phi) is 17.1. The van der Waals surface area contributed by atoms with Crippen LogP contribution < -0.4 is 5.32 Å². The molecule has 0 heterocycles. The summed E-state index contributed by atoms with van der Waals surface area (Å²) in [5.74, 6) is 3.31. The van der Waals surface area contributed by atoms with Gasteiger partial charge in [-0.15, -0.1) is 0 Å². The molecular formula is C24H47NO2S. The maximum absolute atomic E-state index is 11.0. The van der Waals surface area contributed by atoms with Crippen molar-refractivity contribution in [1.29, 1.82) is 0 Å². The smallest absolute Gasteiger partial charge is 0.321 e. The quantitative estimate of drug-likeness (QED) is 0.192. The second-order valence-corrected chi connectivity index (χ2v) is 10.2. The molecule has 0 rings (SSSR count). The van der Waals surface area contributed by atoms with E-state index < -0.39 is 12.0 Å². The van der Waals surface area contributed by atoms with Crippen LogP contribution in [-0.2, 0) is 4.79 Å². The molecule has 4 heteroatoms. The average Bonchev–Trinajstić information content (AvgIpc) is 2.61. The van der Waals surface area contributed by atoms with Crippen molar-refractivity contribution >= 4 is 17.7 Å². The van der Waals surface area contributed by atoms with E-state index in [-0.39, 0.29) is 0 Å². The lowest BCUT2D eigenvalue weighted by Gasteiger charge is -2.15. The molecule has 28 heavy (non-hydrogen) atoms. The predicted molar refractivity (Wildman–Crippen MR) is 126 cm³/mol. The van der Waals surface area contributed by atoms with Crippen LogP contribution in [-0.4, -0.2) is 35.7 Å². The van der Waals surface area contributed by atoms with E-state index in [1.807, 2.05) is 0 Å². The summed E-state index contributed by atoms with van der Waals surface area (Å²) in [5.41, 5.74) is 1.44. The van der Waals surface area contributed by atoms with Gasteiger partial charge in [-0.2, -0.15) is 11.8 Å². The molecule has 0 aromatic heterocycles. The van der Waals surface area contributed by atoms with Crippen LogP contribution in [0, 0.1) is 17.8 Å². The maximum Gasteiger partial charge on any atom is 0.321 e. The number of likely N-dealkylation sites (N-methyl/N-ethyl adjacent to an activating group) is 1. The molecule has 0 saturated heterocycles. The molecule has 166 valence electrons. The molecule has 0 radical (unpaired) electrons. The minimum absolute atomic E-state index is 0.447. The molecule has 3 unspecified atom stereocenters. The zero-order chi connectivity index (χ0) is 21.4. The van der Waals surface area contributed by atoms with Gasteiger partial charge in [0.15, 0.2) is 0 Å². The Morgan fingerprint density at radius 1 is 0.964 bits per heavy atom. The van der Waals surface area contributed by atoms with Crippen LogP contribution in [0.1, 0.15) is 92.4 Å². The van der Waals surface area contributed by atoms with E-state index in [4.69, 9.17) is 5.11 Å². The number of rotatable bonds is 18. The van der Waals surface area contributed by atoms with Gasteiger partial charge >= 0.3 is 5.97 Å². The van der Waals surface area contributed by atoms with Gasteiger partial charge in [0.2, 0.25) is 0 Å². The number of allylic oxidation sites excluding steroid dienone is 1. The summed E-state index contributed by atoms with van der Waals surface area (Å²) in [6, 6.07) is -0.447. The Bertz CT molecular complexity index is 423. The molecule has 0 fully saturated rings. The Hall–Kier alpha value is -0.480. The van der Waals surface area contributed by atoms with Gasteiger partial charge in [0.1, 0.15) is 6.04 Å². The van der Waals surface area contributed by atoms with Crippen molar-refractivity contribution in [2.75, 3.05) is 18.6 Å². The Balaban J connectivity index is 3.73. The number of hydrogen-bond acceptors (Lipinski definition) is 3. The molecule has 0 amide bonds. The first-order valence-electron chi connectivity index (χ1n) is 11.4. The molecule has 0 bridgehead atoms. The fourth-order valence-corrected chi connectivity index (χ4v) is 4.56. The van der Waals surface area contributed by atoms with Gasteiger partial charge in [0.05, 0.1) is 0 Å². The largest absolute Gasteiger partial charge is 0.480 e. The van der Waals surface area contributed by atoms with Crippen molar-refractivity contribution < 1.29 is 9.90 Å². The predicted octanol–water partition coefficient (Wildman–Crippen LogP) is 6.78. The van der Waals surface area contributed by atoms with Crippen LogP contribution in [0.25, 0.3) is 0 Å². The number of carbonyl (C=O) groups is 1. The van der Waals surface area contributed by atoms with Crippen molar-refractivity contribution in [3.8, 4) is 0 Å². The Morgan fingerprint density at radius 2 is 1.50 bits per heavy atom. The van der Waals surface area contributed by atoms with Crippen molar-refractivity contribution in [3.63, 3.8) is 0 Å². The number of carboxylic acid groups (broad SMARTS) is 1. The second kappa shape index (κ2) is 17.4. The van der Waals surface area contributed by atoms with Crippen molar-refractivity contribution in [2.24, 2.45) is 17.8 Å². The Labute approximate surface area is 179 Å². The third kappa shape index (κ3) is 16.5. The molecule has 3 nitrogen and oxygen atoms in total. The van der Waals surface area contributed by atoms with E-state index in [1.165, 1.54) is 63.4 Å². The summed E-state index contributed by atoms with van der Waals surface area (Å²) in [6.07, 6.45) is 14.3. The van der Waals surface area contributed by atoms with Gasteiger partial charge in [0, 0.05) is 11.5 Å². The van der Waals surface area contributed by atoms with E-state index in [2.05, 4.69) is 46.0 Å². The molecule has 0 aliphatic carbocycles. The highest BCUT2D eigenvalue weighted by Crippen LogP contribution is 2.22. The van der Waals surface area contributed by atoms with Crippen LogP contribution in [0.5, 0.6) is 0 Å². The standard InChI is InChI=1S/C24H47NO2S/c1-19(2)10-7-11-20(3)12-8-13-21(4)14-9-15-22(5)16-17-28-18-23(25-6)24(26)27/h16,19-21,23,25H,7-15,17-18H2,1-6H3,(H,26,27)/b22-16+. The first-order chi connectivity index (χ1) is 13.3. The minimum Gasteiger partial charge on any atom is -0.480 e. The first-order valence-corrected chi connectivity index (χ1v) is 12.5. The molecule has 0 aromatic carbocycles. The fourth-order valence-electron chi connectivity index (χ4n) is 3.47. The molecule has 3 atom stereocenters. The molecule has 0 spiro atoms. The molecule has 2 N–H and O–H groups in total. The van der Waals surface area contributed by atoms with Crippen molar-refractivity contribution in [1.82, 2.24) is 5.32 Å². The zero-order valence-electron chi connectivity index (χ0n) is 19.4. The highest BCUT2D eigenvalue weighted by molar-refractivity contribution is 7.99. The first kappa shape index (κ1) is 27.5. The highest BCUT2D eigenvalue weighted by atomic mass is 32.2. The van der Waals surface area contributed by atoms with Crippen LogP contribution in [0.15, 0.2) is 11.6 Å². The molecule has 0 saturated carbocycles. The van der Waals surface area contributed by atoms with Gasteiger partial charge in [-0.3, -0.25) is 4.79 Å². The van der Waals surface area contributed by atoms with Crippen LogP contribution in [0.4, 0.5) is 0 Å². The summed E-state index contributed by atoms with van der Waals surface area (Å²) in [5, 5.41) is 11.8. The van der Waals surface area contributed by atoms with E-state index in [9.17, 15) is 4.79 Å². The van der Waals surface area contributed by atoms with Crippen LogP contribution >= 0.6 is 11.8 Å². The summed E-state index contributed by atoms with van der Waals surface area (Å²) < 4.78 is 0. The lowest BCUT2D eigenvalue weighted by atomic mass is 9.91. The lowest BCUT2D eigenvalue weighted by molar-refractivity contribution is -0.138. The average molecular weight is 414 g/mol. The number of nitrogens with one attached hydrogen (secondary N) is 1. The lowest BCUT2D eigenvalue weighted by Crippen LogP contribution is -2.36. The van der Waals surface area contributed by atoms with Gasteiger partial charge in [0.25, 0.3) is 0 Å². The topological polar surface area (TPSA) is 49.3 Å². The summed E-state index contributed by atoms with van der Waals surface area (Å²) in [7, 11) is 1.70. The third-order valence-corrected chi connectivity index (χ3v) is 6.59. The van der Waals surface area contributed by atoms with Crippen molar-refractivity contribution in [2.45, 2.75) is 98.4 Å². The zero-order valence-corrected chi connectivity index (χ0v) is 20.2. The van der Waals surface area contributed by atoms with Crippen LogP contribution in [0.2, 0.25) is 0 Å². The Morgan fingerprint density at radius 3 is 2.00 bits per heavy atom. The summed E-state index contributed by atoms with van der Waals surface area (Å²) >= 11 is 1.68. The number of hydrogen-bond donors (Lipinski definition) is 2. The SMILES string of the molecule is CNC(CSC/C=C(\C)CCCC(C)CCCC(C)CCCC(C)C)C(=O)O. The van der Waals surface area contributed by atoms with Gasteiger partial charge in [-0.1, -0.05) is 84.3 Å². The number of carboxylic acids is 1. The molecule has 0 aliphatic heterocycles. The van der Waals surface area contributed by atoms with Gasteiger partial charge < -0.3 is 10.4 Å². The molecular weight excluding hydrogens is 366 g/mol. The number of aliphatic carboxylic acids is 1. The highest BCUT2D eigenvalue weighted by Gasteiger charge is 2.13. The van der Waals surface area contributed by atoms with E-state index >= 15 is 0 Å². The normalized spacial score (nSPS) is 15.6. The van der Waals surface area contributed by atoms with E-state index in [1.54, 1.807) is 18.8 Å². The molecule has 0 aliphatic rings. The third-order valence-electron chi connectivity index (χ3n) is 5.62. The monoisotopic (exact) mass is 413 g/mol. The fraction of sp³-hybridized carbons (Fsp3) is 0.875. The van der Waals surface area contributed by atoms with Gasteiger partial charge in [-0.05, 0) is 44.6 Å². The second-order valence-electron chi connectivity index (χ2n) is 9.13. The minimum atomic E-state index is -0.769. The molecule has 0 aromatic rings. The van der Waals surface area contributed by atoms with Crippen LogP contribution in [0.3, 0.4) is 0 Å². The summed E-state index contributed by atoms with van der Waals surface area (Å²) in [4.78, 5) is 11.0. The van der Waals surface area contributed by atoms with Gasteiger partial charge in [-0.25, -0.2) is 0 Å². The number of thioether (sulfide) groups is 1.